The van der Waals surface area contributed by atoms with Gasteiger partial charge in [-0.2, -0.15) is 0 Å². The van der Waals surface area contributed by atoms with Gasteiger partial charge in [0.1, 0.15) is 5.76 Å². The minimum Gasteiger partial charge on any atom is -0.499 e. The normalized spacial score (nSPS) is 17.4. The molecule has 1 aliphatic rings. The van der Waals surface area contributed by atoms with Gasteiger partial charge in [-0.25, -0.2) is 0 Å². The van der Waals surface area contributed by atoms with Gasteiger partial charge in [0.2, 0.25) is 0 Å². The van der Waals surface area contributed by atoms with Crippen molar-refractivity contribution >= 4 is 0 Å². The van der Waals surface area contributed by atoms with Crippen LogP contribution in [0.3, 0.4) is 0 Å². The third-order valence-corrected chi connectivity index (χ3v) is 1.18. The number of methoxy groups -OCH3 is 1. The molecule has 1 aliphatic heterocycles. The molecule has 3 heteroatoms. The van der Waals surface area contributed by atoms with Crippen molar-refractivity contribution in [2.24, 2.45) is 5.73 Å². The zero-order valence-electron chi connectivity index (χ0n) is 5.35. The number of ether oxygens (including phenoxy) is 1. The summed E-state index contributed by atoms with van der Waals surface area (Å²) in [7, 11) is 1.64. The molecule has 0 spiro atoms. The van der Waals surface area contributed by atoms with Crippen molar-refractivity contribution in [2.75, 3.05) is 13.7 Å². The highest BCUT2D eigenvalue weighted by atomic mass is 16.5. The number of dihydropyridines is 1. The first kappa shape index (κ1) is 6.01. The monoisotopic (exact) mass is 126 g/mol. The van der Waals surface area contributed by atoms with Crippen LogP contribution in [-0.2, 0) is 4.74 Å². The molecule has 3 nitrogen and oxygen atoms in total. The van der Waals surface area contributed by atoms with Crippen LogP contribution in [0.15, 0.2) is 23.7 Å². The Bertz CT molecular complexity index is 160. The van der Waals surface area contributed by atoms with E-state index in [1.165, 1.54) is 0 Å². The van der Waals surface area contributed by atoms with E-state index in [0.29, 0.717) is 12.4 Å². The second-order valence-electron chi connectivity index (χ2n) is 1.81. The van der Waals surface area contributed by atoms with Crippen LogP contribution in [0.25, 0.3) is 0 Å². The van der Waals surface area contributed by atoms with Crippen LogP contribution in [0.1, 0.15) is 0 Å². The van der Waals surface area contributed by atoms with E-state index >= 15 is 0 Å². The molecular formula is C6H10N2O. The molecule has 0 amide bonds. The molecule has 0 aliphatic carbocycles. The highest BCUT2D eigenvalue weighted by Gasteiger charge is 1.99. The Morgan fingerprint density at radius 1 is 1.67 bits per heavy atom. The van der Waals surface area contributed by atoms with Crippen molar-refractivity contribution < 1.29 is 4.74 Å². The van der Waals surface area contributed by atoms with Crippen molar-refractivity contribution in [1.82, 2.24) is 5.32 Å². The molecule has 0 fully saturated rings. The zero-order chi connectivity index (χ0) is 6.69. The summed E-state index contributed by atoms with van der Waals surface area (Å²) in [6.45, 7) is 0.693. The van der Waals surface area contributed by atoms with Gasteiger partial charge in [0.05, 0.1) is 19.5 Å². The molecule has 3 N–H and O–H groups in total. The predicted octanol–water partition coefficient (Wildman–Crippen LogP) is -0.0800. The summed E-state index contributed by atoms with van der Waals surface area (Å²) < 4.78 is 4.94. The number of rotatable bonds is 1. The van der Waals surface area contributed by atoms with Crippen molar-refractivity contribution in [1.29, 1.82) is 0 Å². The Balaban J connectivity index is 2.59. The van der Waals surface area contributed by atoms with Crippen LogP contribution in [0.2, 0.25) is 0 Å². The van der Waals surface area contributed by atoms with E-state index < -0.39 is 0 Å². The smallest absolute Gasteiger partial charge is 0.115 e. The molecule has 0 saturated heterocycles. The van der Waals surface area contributed by atoms with Crippen molar-refractivity contribution in [2.45, 2.75) is 0 Å². The van der Waals surface area contributed by atoms with Gasteiger partial charge in [0, 0.05) is 0 Å². The van der Waals surface area contributed by atoms with Gasteiger partial charge < -0.3 is 15.8 Å². The van der Waals surface area contributed by atoms with Crippen molar-refractivity contribution in [3.05, 3.63) is 23.7 Å². The first-order valence-corrected chi connectivity index (χ1v) is 2.77. The number of nitrogens with one attached hydrogen (secondary N) is 1. The Morgan fingerprint density at radius 2 is 2.44 bits per heavy atom. The third-order valence-electron chi connectivity index (χ3n) is 1.18. The average molecular weight is 126 g/mol. The van der Waals surface area contributed by atoms with E-state index in [2.05, 4.69) is 5.32 Å². The van der Waals surface area contributed by atoms with Gasteiger partial charge in [-0.15, -0.1) is 0 Å². The minimum atomic E-state index is 0.691. The molecule has 0 aromatic heterocycles. The second-order valence-corrected chi connectivity index (χ2v) is 1.81. The molecule has 0 atom stereocenters. The largest absolute Gasteiger partial charge is 0.499 e. The van der Waals surface area contributed by atoms with Crippen LogP contribution in [0, 0.1) is 0 Å². The van der Waals surface area contributed by atoms with Crippen molar-refractivity contribution in [3.63, 3.8) is 0 Å². The molecule has 0 saturated carbocycles. The fourth-order valence-electron chi connectivity index (χ4n) is 0.630. The van der Waals surface area contributed by atoms with Crippen molar-refractivity contribution in [3.8, 4) is 0 Å². The van der Waals surface area contributed by atoms with Gasteiger partial charge in [-0.3, -0.25) is 0 Å². The highest BCUT2D eigenvalue weighted by Crippen LogP contribution is 1.99. The number of hydrogen-bond acceptors (Lipinski definition) is 3. The molecule has 0 radical (unpaired) electrons. The summed E-state index contributed by atoms with van der Waals surface area (Å²) >= 11 is 0. The fraction of sp³-hybridized carbons (Fsp3) is 0.333. The first-order valence-electron chi connectivity index (χ1n) is 2.77. The molecule has 9 heavy (non-hydrogen) atoms. The second kappa shape index (κ2) is 2.44. The quantitative estimate of drug-likeness (QED) is 0.516. The lowest BCUT2D eigenvalue weighted by Gasteiger charge is -2.12. The summed E-state index contributed by atoms with van der Waals surface area (Å²) in [6.07, 6.45) is 3.63. The third kappa shape index (κ3) is 1.38. The van der Waals surface area contributed by atoms with E-state index in [4.69, 9.17) is 10.5 Å². The van der Waals surface area contributed by atoms with E-state index in [0.717, 1.165) is 5.76 Å². The molecule has 0 unspecified atom stereocenters. The van der Waals surface area contributed by atoms with Gasteiger partial charge in [0.25, 0.3) is 0 Å². The molecule has 0 bridgehead atoms. The number of hydrogen-bond donors (Lipinski definition) is 2. The molecule has 50 valence electrons. The van der Waals surface area contributed by atoms with E-state index in [1.54, 1.807) is 13.2 Å². The van der Waals surface area contributed by atoms with E-state index in [1.807, 2.05) is 6.08 Å². The summed E-state index contributed by atoms with van der Waals surface area (Å²) in [5.41, 5.74) is 5.40. The lowest BCUT2D eigenvalue weighted by molar-refractivity contribution is 0.280. The summed E-state index contributed by atoms with van der Waals surface area (Å²) in [6, 6.07) is 0. The number of nitrogens with two attached hydrogens (primary N) is 1. The summed E-state index contributed by atoms with van der Waals surface area (Å²) in [4.78, 5) is 0. The van der Waals surface area contributed by atoms with Gasteiger partial charge in [-0.05, 0) is 12.2 Å². The Hall–Kier alpha value is -1.12. The maximum Gasteiger partial charge on any atom is 0.115 e. The zero-order valence-corrected chi connectivity index (χ0v) is 5.35. The van der Waals surface area contributed by atoms with Gasteiger partial charge in [0.15, 0.2) is 0 Å². The maximum atomic E-state index is 5.40. The number of allylic oxidation sites excluding steroid dienone is 2. The van der Waals surface area contributed by atoms with Crippen LogP contribution in [0.4, 0.5) is 0 Å². The maximum absolute atomic E-state index is 5.40. The first-order chi connectivity index (χ1) is 4.33. The van der Waals surface area contributed by atoms with Gasteiger partial charge in [-0.1, -0.05) is 0 Å². The van der Waals surface area contributed by atoms with Crippen LogP contribution in [0.5, 0.6) is 0 Å². The SMILES string of the molecule is COC1=CC=C(N)NC1. The predicted molar refractivity (Wildman–Crippen MR) is 35.4 cm³/mol. The Labute approximate surface area is 54.2 Å². The standard InChI is InChI=1S/C6H10N2O/c1-9-5-2-3-6(7)8-4-5/h2-3,8H,4,7H2,1H3. The Morgan fingerprint density at radius 3 is 2.89 bits per heavy atom. The molecule has 1 rings (SSSR count). The van der Waals surface area contributed by atoms with Crippen LogP contribution >= 0.6 is 0 Å². The van der Waals surface area contributed by atoms with Crippen LogP contribution < -0.4 is 11.1 Å². The molecular weight excluding hydrogens is 116 g/mol. The topological polar surface area (TPSA) is 47.3 Å². The summed E-state index contributed by atoms with van der Waals surface area (Å²) in [5, 5.41) is 2.93. The minimum absolute atomic E-state index is 0.691. The lowest BCUT2D eigenvalue weighted by atomic mass is 10.3. The summed E-state index contributed by atoms with van der Waals surface area (Å²) in [5.74, 6) is 1.60. The van der Waals surface area contributed by atoms with Gasteiger partial charge >= 0.3 is 0 Å². The average Bonchev–Trinajstić information content (AvgIpc) is 1.90. The highest BCUT2D eigenvalue weighted by molar-refractivity contribution is 5.18. The van der Waals surface area contributed by atoms with E-state index in [9.17, 15) is 0 Å². The van der Waals surface area contributed by atoms with E-state index in [-0.39, 0.29) is 0 Å². The van der Waals surface area contributed by atoms with Crippen LogP contribution in [-0.4, -0.2) is 13.7 Å². The molecule has 1 heterocycles. The molecule has 0 aromatic carbocycles. The lowest BCUT2D eigenvalue weighted by Crippen LogP contribution is -2.25. The Kier molecular flexibility index (Phi) is 1.63. The molecule has 0 aromatic rings. The fourth-order valence-corrected chi connectivity index (χ4v) is 0.630.